The third-order valence-corrected chi connectivity index (χ3v) is 2.31. The molecule has 102 valence electrons. The van der Waals surface area contributed by atoms with Crippen LogP contribution in [0.2, 0.25) is 0 Å². The topological polar surface area (TPSA) is 43.4 Å². The summed E-state index contributed by atoms with van der Waals surface area (Å²) >= 11 is 0. The molecule has 4 nitrogen and oxygen atoms in total. The van der Waals surface area contributed by atoms with E-state index in [0.717, 1.165) is 24.4 Å². The molecule has 18 heavy (non-hydrogen) atoms. The lowest BCUT2D eigenvalue weighted by Crippen LogP contribution is -2.22. The van der Waals surface area contributed by atoms with E-state index in [-0.39, 0.29) is 5.60 Å². The molecule has 0 aliphatic carbocycles. The molecule has 0 unspecified atom stereocenters. The number of ether oxygens (including phenoxy) is 2. The molecule has 0 aliphatic rings. The van der Waals surface area contributed by atoms with Crippen molar-refractivity contribution < 1.29 is 9.47 Å². The monoisotopic (exact) mass is 252 g/mol. The fourth-order valence-electron chi connectivity index (χ4n) is 1.44. The lowest BCUT2D eigenvalue weighted by Gasteiger charge is -2.19. The van der Waals surface area contributed by atoms with Crippen LogP contribution in [-0.4, -0.2) is 30.3 Å². The van der Waals surface area contributed by atoms with Gasteiger partial charge in [0.05, 0.1) is 18.4 Å². The van der Waals surface area contributed by atoms with Crippen molar-refractivity contribution in [3.8, 4) is 5.75 Å². The maximum Gasteiger partial charge on any atom is 0.142 e. The lowest BCUT2D eigenvalue weighted by molar-refractivity contribution is -0.0164. The number of aromatic nitrogens is 1. The number of nitrogens with one attached hydrogen (secondary N) is 1. The highest BCUT2D eigenvalue weighted by molar-refractivity contribution is 5.29. The Labute approximate surface area is 110 Å². The van der Waals surface area contributed by atoms with Crippen molar-refractivity contribution >= 4 is 0 Å². The van der Waals surface area contributed by atoms with Crippen LogP contribution in [-0.2, 0) is 11.3 Å². The number of pyridine rings is 1. The number of hydrogen-bond acceptors (Lipinski definition) is 4. The molecule has 0 fully saturated rings. The molecule has 0 atom stereocenters. The SMILES string of the molecule is CCNCc1ccncc1OCCOC(C)(C)C. The quantitative estimate of drug-likeness (QED) is 0.757. The largest absolute Gasteiger partial charge is 0.489 e. The first-order valence-corrected chi connectivity index (χ1v) is 6.43. The highest BCUT2D eigenvalue weighted by Gasteiger charge is 2.09. The van der Waals surface area contributed by atoms with Crippen LogP contribution in [0.1, 0.15) is 33.3 Å². The molecule has 1 heterocycles. The van der Waals surface area contributed by atoms with Gasteiger partial charge in [0.1, 0.15) is 12.4 Å². The zero-order chi connectivity index (χ0) is 13.4. The van der Waals surface area contributed by atoms with Crippen LogP contribution in [0.4, 0.5) is 0 Å². The summed E-state index contributed by atoms with van der Waals surface area (Å²) in [6.07, 6.45) is 3.54. The minimum absolute atomic E-state index is 0.120. The van der Waals surface area contributed by atoms with Crippen LogP contribution in [0, 0.1) is 0 Å². The van der Waals surface area contributed by atoms with Gasteiger partial charge in [0, 0.05) is 18.3 Å². The lowest BCUT2D eigenvalue weighted by atomic mass is 10.2. The second kappa shape index (κ2) is 7.34. The standard InChI is InChI=1S/C14H24N2O2/c1-5-15-10-12-6-7-16-11-13(12)17-8-9-18-14(2,3)4/h6-7,11,15H,5,8-10H2,1-4H3. The second-order valence-corrected chi connectivity index (χ2v) is 5.07. The van der Waals surface area contributed by atoms with Gasteiger partial charge in [-0.25, -0.2) is 0 Å². The third-order valence-electron chi connectivity index (χ3n) is 2.31. The molecule has 1 aromatic rings. The molecule has 0 bridgehead atoms. The van der Waals surface area contributed by atoms with E-state index in [1.165, 1.54) is 0 Å². The van der Waals surface area contributed by atoms with Gasteiger partial charge in [-0.15, -0.1) is 0 Å². The molecule has 0 spiro atoms. The summed E-state index contributed by atoms with van der Waals surface area (Å²) < 4.78 is 11.3. The van der Waals surface area contributed by atoms with E-state index in [1.54, 1.807) is 12.4 Å². The van der Waals surface area contributed by atoms with Gasteiger partial charge in [0.25, 0.3) is 0 Å². The highest BCUT2D eigenvalue weighted by Crippen LogP contribution is 2.16. The Balaban J connectivity index is 2.41. The maximum atomic E-state index is 5.70. The Hall–Kier alpha value is -1.13. The van der Waals surface area contributed by atoms with E-state index in [0.29, 0.717) is 13.2 Å². The summed E-state index contributed by atoms with van der Waals surface area (Å²) in [4.78, 5) is 4.09. The molecule has 0 saturated carbocycles. The first-order valence-electron chi connectivity index (χ1n) is 6.43. The van der Waals surface area contributed by atoms with Crippen LogP contribution >= 0.6 is 0 Å². The van der Waals surface area contributed by atoms with E-state index in [9.17, 15) is 0 Å². The summed E-state index contributed by atoms with van der Waals surface area (Å²) in [6.45, 7) is 11.1. The van der Waals surface area contributed by atoms with Crippen LogP contribution in [0.3, 0.4) is 0 Å². The summed E-state index contributed by atoms with van der Waals surface area (Å²) in [6, 6.07) is 1.97. The van der Waals surface area contributed by atoms with Gasteiger partial charge in [-0.05, 0) is 33.4 Å². The maximum absolute atomic E-state index is 5.70. The van der Waals surface area contributed by atoms with Gasteiger partial charge < -0.3 is 14.8 Å². The van der Waals surface area contributed by atoms with Crippen LogP contribution in [0.5, 0.6) is 5.75 Å². The molecule has 0 amide bonds. The van der Waals surface area contributed by atoms with Gasteiger partial charge in [0.2, 0.25) is 0 Å². The summed E-state index contributed by atoms with van der Waals surface area (Å²) in [5, 5.41) is 3.28. The summed E-state index contributed by atoms with van der Waals surface area (Å²) in [5.74, 6) is 0.830. The molecular formula is C14H24N2O2. The first kappa shape index (κ1) is 14.9. The Kier molecular flexibility index (Phi) is 6.09. The third kappa shape index (κ3) is 5.98. The molecule has 4 heteroatoms. The van der Waals surface area contributed by atoms with Crippen molar-refractivity contribution in [1.29, 1.82) is 0 Å². The first-order chi connectivity index (χ1) is 8.53. The Morgan fingerprint density at radius 1 is 1.28 bits per heavy atom. The fourth-order valence-corrected chi connectivity index (χ4v) is 1.44. The molecule has 0 aliphatic heterocycles. The van der Waals surface area contributed by atoms with Crippen molar-refractivity contribution in [2.45, 2.75) is 39.8 Å². The molecule has 0 aromatic carbocycles. The van der Waals surface area contributed by atoms with Gasteiger partial charge in [-0.1, -0.05) is 6.92 Å². The van der Waals surface area contributed by atoms with E-state index in [4.69, 9.17) is 9.47 Å². The van der Waals surface area contributed by atoms with Crippen LogP contribution < -0.4 is 10.1 Å². The van der Waals surface area contributed by atoms with Crippen molar-refractivity contribution in [3.63, 3.8) is 0 Å². The zero-order valence-corrected chi connectivity index (χ0v) is 11.8. The normalized spacial score (nSPS) is 11.6. The molecule has 0 radical (unpaired) electrons. The van der Waals surface area contributed by atoms with Gasteiger partial charge >= 0.3 is 0 Å². The number of rotatable bonds is 7. The van der Waals surface area contributed by atoms with Gasteiger partial charge in [-0.3, -0.25) is 4.98 Å². The molecule has 0 saturated heterocycles. The summed E-state index contributed by atoms with van der Waals surface area (Å²) in [5.41, 5.74) is 1.01. The zero-order valence-electron chi connectivity index (χ0n) is 11.8. The fraction of sp³-hybridized carbons (Fsp3) is 0.643. The van der Waals surface area contributed by atoms with E-state index in [2.05, 4.69) is 17.2 Å². The summed E-state index contributed by atoms with van der Waals surface area (Å²) in [7, 11) is 0. The van der Waals surface area contributed by atoms with Gasteiger partial charge in [-0.2, -0.15) is 0 Å². The van der Waals surface area contributed by atoms with Crippen molar-refractivity contribution in [2.75, 3.05) is 19.8 Å². The van der Waals surface area contributed by atoms with Crippen LogP contribution in [0.15, 0.2) is 18.5 Å². The second-order valence-electron chi connectivity index (χ2n) is 5.07. The van der Waals surface area contributed by atoms with E-state index < -0.39 is 0 Å². The highest BCUT2D eigenvalue weighted by atomic mass is 16.5. The van der Waals surface area contributed by atoms with Gasteiger partial charge in [0.15, 0.2) is 0 Å². The molecule has 1 rings (SSSR count). The number of hydrogen-bond donors (Lipinski definition) is 1. The average Bonchev–Trinajstić information content (AvgIpc) is 2.32. The Bertz CT molecular complexity index is 348. The van der Waals surface area contributed by atoms with Crippen molar-refractivity contribution in [1.82, 2.24) is 10.3 Å². The molecule has 1 N–H and O–H groups in total. The van der Waals surface area contributed by atoms with Crippen LogP contribution in [0.25, 0.3) is 0 Å². The molecule has 1 aromatic heterocycles. The predicted molar refractivity (Wildman–Crippen MR) is 72.8 cm³/mol. The minimum atomic E-state index is -0.120. The van der Waals surface area contributed by atoms with Crippen molar-refractivity contribution in [2.24, 2.45) is 0 Å². The minimum Gasteiger partial charge on any atom is -0.489 e. The Morgan fingerprint density at radius 2 is 2.06 bits per heavy atom. The molecular weight excluding hydrogens is 228 g/mol. The van der Waals surface area contributed by atoms with Crippen molar-refractivity contribution in [3.05, 3.63) is 24.0 Å². The van der Waals surface area contributed by atoms with E-state index in [1.807, 2.05) is 26.8 Å². The average molecular weight is 252 g/mol. The smallest absolute Gasteiger partial charge is 0.142 e. The van der Waals surface area contributed by atoms with E-state index >= 15 is 0 Å². The predicted octanol–water partition coefficient (Wildman–Crippen LogP) is 2.39. The Morgan fingerprint density at radius 3 is 2.72 bits per heavy atom. The number of nitrogens with zero attached hydrogens (tertiary/aromatic N) is 1.